The van der Waals surface area contributed by atoms with Crippen LogP contribution < -0.4 is 0 Å². The molecule has 6 nitrogen and oxygen atoms in total. The quantitative estimate of drug-likeness (QED) is 0.544. The van der Waals surface area contributed by atoms with E-state index in [1.807, 2.05) is 6.92 Å². The van der Waals surface area contributed by atoms with Crippen LogP contribution in [0.5, 0.6) is 0 Å². The molecule has 0 spiro atoms. The van der Waals surface area contributed by atoms with E-state index in [2.05, 4.69) is 0 Å². The molecule has 2 atom stereocenters. The van der Waals surface area contributed by atoms with Gasteiger partial charge in [-0.3, -0.25) is 4.79 Å². The Bertz CT molecular complexity index is 526. The van der Waals surface area contributed by atoms with Gasteiger partial charge >= 0.3 is 16.2 Å². The number of rotatable bonds is 6. The highest BCUT2D eigenvalue weighted by atomic mass is 32.3. The molecule has 0 N–H and O–H groups in total. The van der Waals surface area contributed by atoms with Crippen LogP contribution in [0.4, 0.5) is 3.89 Å². The van der Waals surface area contributed by atoms with Gasteiger partial charge < -0.3 is 9.64 Å². The van der Waals surface area contributed by atoms with Gasteiger partial charge in [0.1, 0.15) is 11.6 Å². The first-order chi connectivity index (χ1) is 9.93. The lowest BCUT2D eigenvalue weighted by Crippen LogP contribution is -2.45. The molecule has 0 saturated carbocycles. The van der Waals surface area contributed by atoms with Gasteiger partial charge in [0, 0.05) is 18.9 Å². The molecule has 0 bridgehead atoms. The summed E-state index contributed by atoms with van der Waals surface area (Å²) in [6, 6.07) is -0.746. The molecule has 0 aliphatic carbocycles. The number of nitrogens with zero attached hydrogens (tertiary/aromatic N) is 1. The maximum absolute atomic E-state index is 12.8. The van der Waals surface area contributed by atoms with E-state index in [9.17, 15) is 21.9 Å². The minimum atomic E-state index is -4.64. The van der Waals surface area contributed by atoms with E-state index in [-0.39, 0.29) is 18.9 Å². The van der Waals surface area contributed by atoms with E-state index in [0.717, 1.165) is 0 Å². The topological polar surface area (TPSA) is 80.8 Å². The predicted molar refractivity (Wildman–Crippen MR) is 79.3 cm³/mol. The van der Waals surface area contributed by atoms with Gasteiger partial charge in [0.25, 0.3) is 0 Å². The van der Waals surface area contributed by atoms with Gasteiger partial charge in [0.05, 0.1) is 5.75 Å². The molecule has 0 aromatic carbocycles. The number of carbonyl (C=O) groups is 2. The van der Waals surface area contributed by atoms with Crippen LogP contribution in [0, 0.1) is 5.92 Å². The van der Waals surface area contributed by atoms with Crippen molar-refractivity contribution in [1.29, 1.82) is 0 Å². The van der Waals surface area contributed by atoms with Crippen LogP contribution in [0.3, 0.4) is 0 Å². The van der Waals surface area contributed by atoms with Crippen LogP contribution in [0.15, 0.2) is 0 Å². The highest BCUT2D eigenvalue weighted by Gasteiger charge is 2.40. The third-order valence-corrected chi connectivity index (χ3v) is 4.16. The third-order valence-electron chi connectivity index (χ3n) is 3.29. The van der Waals surface area contributed by atoms with Crippen LogP contribution in [0.2, 0.25) is 0 Å². The van der Waals surface area contributed by atoms with Gasteiger partial charge in [0.2, 0.25) is 5.91 Å². The number of hydrogen-bond acceptors (Lipinski definition) is 5. The van der Waals surface area contributed by atoms with Crippen molar-refractivity contribution in [2.75, 3.05) is 12.3 Å². The summed E-state index contributed by atoms with van der Waals surface area (Å²) in [5.74, 6) is -2.16. The number of ether oxygens (including phenoxy) is 1. The van der Waals surface area contributed by atoms with Crippen LogP contribution in [0.25, 0.3) is 0 Å². The minimum Gasteiger partial charge on any atom is -0.458 e. The van der Waals surface area contributed by atoms with Gasteiger partial charge in [0.15, 0.2) is 0 Å². The molecule has 8 heteroatoms. The summed E-state index contributed by atoms with van der Waals surface area (Å²) in [6.45, 7) is 7.14. The first-order valence-electron chi connectivity index (χ1n) is 7.37. The van der Waals surface area contributed by atoms with Gasteiger partial charge in [-0.1, -0.05) is 13.3 Å². The molecule has 1 rings (SSSR count). The Morgan fingerprint density at radius 3 is 2.50 bits per heavy atom. The van der Waals surface area contributed by atoms with Crippen molar-refractivity contribution in [3.63, 3.8) is 0 Å². The zero-order valence-corrected chi connectivity index (χ0v) is 14.3. The third kappa shape index (κ3) is 5.90. The molecule has 1 saturated heterocycles. The highest BCUT2D eigenvalue weighted by molar-refractivity contribution is 7.86. The number of carbonyl (C=O) groups excluding carboxylic acids is 2. The summed E-state index contributed by atoms with van der Waals surface area (Å²) in [5.41, 5.74) is -0.673. The number of likely N-dealkylation sites (tertiary alicyclic amines) is 1. The molecule has 1 heterocycles. The van der Waals surface area contributed by atoms with E-state index in [1.54, 1.807) is 20.8 Å². The molecule has 1 aliphatic rings. The first-order valence-corrected chi connectivity index (χ1v) is 8.93. The maximum Gasteiger partial charge on any atom is 0.329 e. The zero-order valence-electron chi connectivity index (χ0n) is 13.5. The lowest BCUT2D eigenvalue weighted by molar-refractivity contribution is -0.164. The maximum atomic E-state index is 12.8. The summed E-state index contributed by atoms with van der Waals surface area (Å²) in [6.07, 6.45) is 1.03. The molecule has 1 fully saturated rings. The molecule has 22 heavy (non-hydrogen) atoms. The molecule has 1 amide bonds. The Morgan fingerprint density at radius 2 is 2.05 bits per heavy atom. The fourth-order valence-corrected chi connectivity index (χ4v) is 3.33. The number of halogens is 1. The molecule has 2 unspecified atom stereocenters. The molecule has 0 aromatic rings. The molecule has 1 aliphatic heterocycles. The van der Waals surface area contributed by atoms with E-state index >= 15 is 0 Å². The monoisotopic (exact) mass is 337 g/mol. The largest absolute Gasteiger partial charge is 0.458 e. The summed E-state index contributed by atoms with van der Waals surface area (Å²) in [4.78, 5) is 25.6. The summed E-state index contributed by atoms with van der Waals surface area (Å²) >= 11 is 0. The fourth-order valence-electron chi connectivity index (χ4n) is 2.55. The standard InChI is InChI=1S/C14H24FNO5S/c1-5-6-11(13(18)21-14(2,3)4)16-8-10(7-12(16)17)9-22(15,19)20/h10-11H,5-9H2,1-4H3. The van der Waals surface area contributed by atoms with Crippen LogP contribution in [0.1, 0.15) is 47.0 Å². The van der Waals surface area contributed by atoms with Gasteiger partial charge in [-0.25, -0.2) is 4.79 Å². The molecular formula is C14H24FNO5S. The summed E-state index contributed by atoms with van der Waals surface area (Å²) in [5, 5.41) is 0. The Labute approximate surface area is 131 Å². The average Bonchev–Trinajstić information content (AvgIpc) is 2.61. The second kappa shape index (κ2) is 6.93. The number of esters is 1. The van der Waals surface area contributed by atoms with Crippen molar-refractivity contribution in [1.82, 2.24) is 4.90 Å². The highest BCUT2D eigenvalue weighted by Crippen LogP contribution is 2.25. The van der Waals surface area contributed by atoms with E-state index < -0.39 is 39.5 Å². The number of hydrogen-bond donors (Lipinski definition) is 0. The lowest BCUT2D eigenvalue weighted by atomic mass is 10.1. The molecule has 0 aromatic heterocycles. The van der Waals surface area contributed by atoms with Crippen molar-refractivity contribution in [2.24, 2.45) is 5.92 Å². The van der Waals surface area contributed by atoms with E-state index in [1.165, 1.54) is 4.90 Å². The predicted octanol–water partition coefficient (Wildman–Crippen LogP) is 1.64. The molecule has 128 valence electrons. The second-order valence-corrected chi connectivity index (χ2v) is 8.07. The minimum absolute atomic E-state index is 0.0614. The normalized spacial score (nSPS) is 21.0. The Hall–Kier alpha value is -1.18. The molecular weight excluding hydrogens is 313 g/mol. The van der Waals surface area contributed by atoms with Crippen molar-refractivity contribution < 1.29 is 26.6 Å². The van der Waals surface area contributed by atoms with Crippen LogP contribution >= 0.6 is 0 Å². The summed E-state index contributed by atoms with van der Waals surface area (Å²) in [7, 11) is -4.64. The van der Waals surface area contributed by atoms with Crippen LogP contribution in [-0.2, 0) is 24.5 Å². The van der Waals surface area contributed by atoms with Crippen molar-refractivity contribution in [3.05, 3.63) is 0 Å². The van der Waals surface area contributed by atoms with Gasteiger partial charge in [-0.15, -0.1) is 3.89 Å². The Balaban J connectivity index is 2.83. The van der Waals surface area contributed by atoms with Crippen molar-refractivity contribution in [3.8, 4) is 0 Å². The molecule has 0 radical (unpaired) electrons. The first kappa shape index (κ1) is 18.9. The van der Waals surface area contributed by atoms with Gasteiger partial charge in [-0.05, 0) is 27.2 Å². The Kier molecular flexibility index (Phi) is 5.95. The zero-order chi connectivity index (χ0) is 17.1. The van der Waals surface area contributed by atoms with Crippen LogP contribution in [-0.4, -0.2) is 49.1 Å². The second-order valence-electron chi connectivity index (χ2n) is 6.66. The Morgan fingerprint density at radius 1 is 1.45 bits per heavy atom. The van der Waals surface area contributed by atoms with E-state index in [4.69, 9.17) is 4.74 Å². The lowest BCUT2D eigenvalue weighted by Gasteiger charge is -2.29. The fraction of sp³-hybridized carbons (Fsp3) is 0.857. The SMILES string of the molecule is CCCC(C(=O)OC(C)(C)C)N1CC(CS(=O)(=O)F)CC1=O. The summed E-state index contributed by atoms with van der Waals surface area (Å²) < 4.78 is 39.6. The van der Waals surface area contributed by atoms with E-state index in [0.29, 0.717) is 12.8 Å². The van der Waals surface area contributed by atoms with Gasteiger partial charge in [-0.2, -0.15) is 8.42 Å². The number of amides is 1. The average molecular weight is 337 g/mol. The van der Waals surface area contributed by atoms with Crippen molar-refractivity contribution in [2.45, 2.75) is 58.6 Å². The van der Waals surface area contributed by atoms with Crippen molar-refractivity contribution >= 4 is 22.1 Å². The smallest absolute Gasteiger partial charge is 0.329 e.